The van der Waals surface area contributed by atoms with Crippen molar-refractivity contribution in [1.82, 2.24) is 10.3 Å². The highest BCUT2D eigenvalue weighted by atomic mass is 79.9. The molecule has 1 N–H and O–H groups in total. The average molecular weight is 283 g/mol. The third kappa shape index (κ3) is 3.94. The molecule has 0 saturated heterocycles. The Labute approximate surface area is 104 Å². The fourth-order valence-electron chi connectivity index (χ4n) is 1.28. The van der Waals surface area contributed by atoms with Gasteiger partial charge < -0.3 is 10.1 Å². The second-order valence-corrected chi connectivity index (χ2v) is 4.95. The zero-order valence-electron chi connectivity index (χ0n) is 9.08. The zero-order chi connectivity index (χ0) is 11.4. The van der Waals surface area contributed by atoms with Gasteiger partial charge in [0.15, 0.2) is 0 Å². The minimum atomic E-state index is 0.540. The number of aromatic nitrogens is 1. The van der Waals surface area contributed by atoms with Gasteiger partial charge in [-0.1, -0.05) is 6.58 Å². The Morgan fingerprint density at radius 3 is 3.06 bits per heavy atom. The van der Waals surface area contributed by atoms with Gasteiger partial charge in [-0.2, -0.15) is 0 Å². The summed E-state index contributed by atoms with van der Waals surface area (Å²) in [6.07, 6.45) is 6.02. The molecular weight excluding hydrogens is 268 g/mol. The molecule has 0 radical (unpaired) electrons. The van der Waals surface area contributed by atoms with Crippen LogP contribution in [0, 0.1) is 0 Å². The number of halogens is 1. The van der Waals surface area contributed by atoms with Gasteiger partial charge in [-0.05, 0) is 40.4 Å². The first-order valence-corrected chi connectivity index (χ1v) is 6.17. The van der Waals surface area contributed by atoms with Crippen LogP contribution in [0.5, 0.6) is 5.75 Å². The number of nitrogens with one attached hydrogen (secondary N) is 1. The molecule has 0 aromatic carbocycles. The summed E-state index contributed by atoms with van der Waals surface area (Å²) in [4.78, 5) is 4.03. The molecule has 1 aliphatic rings. The number of ether oxygens (including phenoxy) is 1. The Balaban J connectivity index is 1.71. The minimum absolute atomic E-state index is 0.540. The molecule has 86 valence electrons. The van der Waals surface area contributed by atoms with Crippen molar-refractivity contribution < 1.29 is 4.74 Å². The van der Waals surface area contributed by atoms with Crippen LogP contribution in [0.1, 0.15) is 12.8 Å². The van der Waals surface area contributed by atoms with Gasteiger partial charge in [0.2, 0.25) is 0 Å². The summed E-state index contributed by atoms with van der Waals surface area (Å²) < 4.78 is 6.49. The quantitative estimate of drug-likeness (QED) is 0.815. The maximum absolute atomic E-state index is 5.57. The molecule has 1 aromatic heterocycles. The predicted molar refractivity (Wildman–Crippen MR) is 67.6 cm³/mol. The lowest BCUT2D eigenvalue weighted by Gasteiger charge is -2.09. The van der Waals surface area contributed by atoms with E-state index in [0.29, 0.717) is 12.6 Å². The fourth-order valence-corrected chi connectivity index (χ4v) is 1.63. The van der Waals surface area contributed by atoms with E-state index in [2.05, 4.69) is 32.8 Å². The van der Waals surface area contributed by atoms with E-state index in [9.17, 15) is 0 Å². The molecule has 1 aromatic rings. The van der Waals surface area contributed by atoms with Gasteiger partial charge in [-0.25, -0.2) is 0 Å². The summed E-state index contributed by atoms with van der Waals surface area (Å²) in [5.41, 5.74) is 1.06. The van der Waals surface area contributed by atoms with Gasteiger partial charge >= 0.3 is 0 Å². The maximum atomic E-state index is 5.57. The molecule has 4 heteroatoms. The highest BCUT2D eigenvalue weighted by molar-refractivity contribution is 9.10. The molecule has 0 amide bonds. The van der Waals surface area contributed by atoms with Gasteiger partial charge in [-0.3, -0.25) is 4.98 Å². The van der Waals surface area contributed by atoms with Crippen LogP contribution >= 0.6 is 15.9 Å². The number of rotatable bonds is 6. The fraction of sp³-hybridized carbons (Fsp3) is 0.417. The number of hydrogen-bond donors (Lipinski definition) is 1. The van der Waals surface area contributed by atoms with Gasteiger partial charge in [0, 0.05) is 23.3 Å². The van der Waals surface area contributed by atoms with Crippen LogP contribution in [-0.2, 0) is 0 Å². The molecule has 0 spiro atoms. The Kier molecular flexibility index (Phi) is 3.96. The van der Waals surface area contributed by atoms with E-state index < -0.39 is 0 Å². The summed E-state index contributed by atoms with van der Waals surface area (Å²) in [6, 6.07) is 2.61. The van der Waals surface area contributed by atoms with Crippen molar-refractivity contribution in [2.45, 2.75) is 18.9 Å². The van der Waals surface area contributed by atoms with Gasteiger partial charge in [0.05, 0.1) is 6.20 Å². The van der Waals surface area contributed by atoms with Gasteiger partial charge in [-0.15, -0.1) is 0 Å². The molecule has 1 aliphatic carbocycles. The van der Waals surface area contributed by atoms with Crippen LogP contribution in [-0.4, -0.2) is 24.2 Å². The normalized spacial score (nSPS) is 14.8. The Bertz CT molecular complexity index is 377. The third-order valence-corrected chi connectivity index (χ3v) is 2.77. The van der Waals surface area contributed by atoms with E-state index in [0.717, 1.165) is 22.3 Å². The standard InChI is InChI=1S/C12H15BrN2O/c1-9(5-15-11-2-3-11)8-16-12-4-10(13)6-14-7-12/h4,6-7,11,15H,1-3,5,8H2. The predicted octanol–water partition coefficient (Wildman–Crippen LogP) is 2.53. The monoisotopic (exact) mass is 282 g/mol. The number of nitrogens with zero attached hydrogens (tertiary/aromatic N) is 1. The van der Waals surface area contributed by atoms with Crippen LogP contribution in [0.4, 0.5) is 0 Å². The van der Waals surface area contributed by atoms with E-state index in [1.54, 1.807) is 12.4 Å². The van der Waals surface area contributed by atoms with Crippen LogP contribution in [0.2, 0.25) is 0 Å². The summed E-state index contributed by atoms with van der Waals surface area (Å²) in [7, 11) is 0. The van der Waals surface area contributed by atoms with Crippen molar-refractivity contribution in [3.05, 3.63) is 35.1 Å². The third-order valence-electron chi connectivity index (χ3n) is 2.34. The number of hydrogen-bond acceptors (Lipinski definition) is 3. The van der Waals surface area contributed by atoms with E-state index in [1.807, 2.05) is 6.07 Å². The van der Waals surface area contributed by atoms with Crippen molar-refractivity contribution >= 4 is 15.9 Å². The molecule has 1 saturated carbocycles. The molecule has 1 fully saturated rings. The molecule has 2 rings (SSSR count). The van der Waals surface area contributed by atoms with E-state index in [1.165, 1.54) is 12.8 Å². The molecule has 3 nitrogen and oxygen atoms in total. The highest BCUT2D eigenvalue weighted by Crippen LogP contribution is 2.19. The topological polar surface area (TPSA) is 34.1 Å². The van der Waals surface area contributed by atoms with Crippen molar-refractivity contribution in [3.63, 3.8) is 0 Å². The molecular formula is C12H15BrN2O. The first-order chi connectivity index (χ1) is 7.74. The lowest BCUT2D eigenvalue weighted by atomic mass is 10.3. The van der Waals surface area contributed by atoms with Gasteiger partial charge in [0.1, 0.15) is 12.4 Å². The molecule has 16 heavy (non-hydrogen) atoms. The second kappa shape index (κ2) is 5.46. The molecule has 0 aliphatic heterocycles. The first-order valence-electron chi connectivity index (χ1n) is 5.37. The smallest absolute Gasteiger partial charge is 0.139 e. The summed E-state index contributed by atoms with van der Waals surface area (Å²) in [5, 5.41) is 3.40. The number of pyridine rings is 1. The van der Waals surface area contributed by atoms with E-state index >= 15 is 0 Å². The van der Waals surface area contributed by atoms with Gasteiger partial charge in [0.25, 0.3) is 0 Å². The Hall–Kier alpha value is -0.870. The lowest BCUT2D eigenvalue weighted by Crippen LogP contribution is -2.21. The minimum Gasteiger partial charge on any atom is -0.488 e. The first kappa shape index (κ1) is 11.6. The molecule has 0 unspecified atom stereocenters. The average Bonchev–Trinajstić information content (AvgIpc) is 3.07. The lowest BCUT2D eigenvalue weighted by molar-refractivity contribution is 0.346. The van der Waals surface area contributed by atoms with Crippen LogP contribution in [0.25, 0.3) is 0 Å². The summed E-state index contributed by atoms with van der Waals surface area (Å²) in [5.74, 6) is 0.766. The largest absolute Gasteiger partial charge is 0.488 e. The highest BCUT2D eigenvalue weighted by Gasteiger charge is 2.19. The second-order valence-electron chi connectivity index (χ2n) is 4.03. The van der Waals surface area contributed by atoms with Crippen molar-refractivity contribution in [2.24, 2.45) is 0 Å². The molecule has 1 heterocycles. The molecule has 0 bridgehead atoms. The zero-order valence-corrected chi connectivity index (χ0v) is 10.7. The van der Waals surface area contributed by atoms with Crippen molar-refractivity contribution in [3.8, 4) is 5.75 Å². The Morgan fingerprint density at radius 2 is 2.38 bits per heavy atom. The van der Waals surface area contributed by atoms with Crippen LogP contribution in [0.3, 0.4) is 0 Å². The summed E-state index contributed by atoms with van der Waals surface area (Å²) >= 11 is 3.35. The summed E-state index contributed by atoms with van der Waals surface area (Å²) in [6.45, 7) is 5.35. The Morgan fingerprint density at radius 1 is 1.56 bits per heavy atom. The van der Waals surface area contributed by atoms with Crippen molar-refractivity contribution in [1.29, 1.82) is 0 Å². The molecule has 0 atom stereocenters. The van der Waals surface area contributed by atoms with Crippen molar-refractivity contribution in [2.75, 3.05) is 13.2 Å². The van der Waals surface area contributed by atoms with Crippen LogP contribution in [0.15, 0.2) is 35.1 Å². The van der Waals surface area contributed by atoms with E-state index in [4.69, 9.17) is 4.74 Å². The maximum Gasteiger partial charge on any atom is 0.139 e. The van der Waals surface area contributed by atoms with E-state index in [-0.39, 0.29) is 0 Å². The SMILES string of the molecule is C=C(CNC1CC1)COc1cncc(Br)c1. The van der Waals surface area contributed by atoms with Crippen LogP contribution < -0.4 is 10.1 Å².